The number of amides is 1. The van der Waals surface area contributed by atoms with Gasteiger partial charge >= 0.3 is 11.9 Å². The van der Waals surface area contributed by atoms with Crippen molar-refractivity contribution in [1.82, 2.24) is 10.3 Å². The SMILES string of the molecule is O=C(NC(Cc1ccccc1Cl)C(O)C(=O)O)c1ccnc(-c2ccccc2C(=O)O)c1. The summed E-state index contributed by atoms with van der Waals surface area (Å²) in [4.78, 5) is 39.9. The van der Waals surface area contributed by atoms with E-state index in [1.54, 1.807) is 42.5 Å². The van der Waals surface area contributed by atoms with E-state index in [1.165, 1.54) is 24.4 Å². The highest BCUT2D eigenvalue weighted by Gasteiger charge is 2.28. The second-order valence-corrected chi connectivity index (χ2v) is 7.35. The molecule has 4 N–H and O–H groups in total. The minimum atomic E-state index is -1.87. The molecule has 3 aromatic rings. The summed E-state index contributed by atoms with van der Waals surface area (Å²) in [5.74, 6) is -3.28. The van der Waals surface area contributed by atoms with E-state index in [0.29, 0.717) is 16.1 Å². The molecular weight excluding hydrogens is 436 g/mol. The van der Waals surface area contributed by atoms with Crippen LogP contribution in [-0.4, -0.2) is 50.3 Å². The normalized spacial score (nSPS) is 12.6. The zero-order chi connectivity index (χ0) is 23.3. The Bertz CT molecular complexity index is 1170. The Morgan fingerprint density at radius 2 is 1.69 bits per heavy atom. The van der Waals surface area contributed by atoms with Crippen molar-refractivity contribution in [1.29, 1.82) is 0 Å². The number of benzene rings is 2. The number of aliphatic hydroxyl groups excluding tert-OH is 1. The zero-order valence-corrected chi connectivity index (χ0v) is 17.4. The number of aliphatic carboxylic acids is 1. The summed E-state index contributed by atoms with van der Waals surface area (Å²) in [6, 6.07) is 14.6. The molecule has 0 aliphatic rings. The number of nitrogens with one attached hydrogen (secondary N) is 1. The Kier molecular flexibility index (Phi) is 7.19. The van der Waals surface area contributed by atoms with Crippen molar-refractivity contribution in [2.24, 2.45) is 0 Å². The maximum atomic E-state index is 12.9. The molecule has 2 unspecified atom stereocenters. The summed E-state index contributed by atoms with van der Waals surface area (Å²) < 4.78 is 0. The van der Waals surface area contributed by atoms with Crippen LogP contribution in [0.4, 0.5) is 0 Å². The fourth-order valence-corrected chi connectivity index (χ4v) is 3.39. The lowest BCUT2D eigenvalue weighted by molar-refractivity contribution is -0.148. The van der Waals surface area contributed by atoms with Crippen molar-refractivity contribution in [3.05, 3.63) is 88.6 Å². The summed E-state index contributed by atoms with van der Waals surface area (Å²) in [6.07, 6.45) is -0.539. The van der Waals surface area contributed by atoms with Crippen LogP contribution < -0.4 is 5.32 Å². The largest absolute Gasteiger partial charge is 0.479 e. The standard InChI is InChI=1S/C23H19ClN2O6/c24-17-8-4-1-5-13(17)11-19(20(27)23(31)32)26-21(28)14-9-10-25-18(12-14)15-6-2-3-7-16(15)22(29)30/h1-10,12,19-20,27H,11H2,(H,26,28)(H,29,30)(H,31,32). The van der Waals surface area contributed by atoms with Crippen molar-refractivity contribution < 1.29 is 29.7 Å². The number of carbonyl (C=O) groups excluding carboxylic acids is 1. The summed E-state index contributed by atoms with van der Waals surface area (Å²) in [5.41, 5.74) is 1.29. The van der Waals surface area contributed by atoms with E-state index in [0.717, 1.165) is 0 Å². The molecule has 1 amide bonds. The maximum Gasteiger partial charge on any atom is 0.336 e. The Morgan fingerprint density at radius 1 is 1.00 bits per heavy atom. The number of carboxylic acids is 2. The van der Waals surface area contributed by atoms with Crippen LogP contribution in [0.3, 0.4) is 0 Å². The number of aliphatic hydroxyl groups is 1. The Morgan fingerprint density at radius 3 is 2.38 bits per heavy atom. The molecule has 2 atom stereocenters. The molecule has 0 bridgehead atoms. The van der Waals surface area contributed by atoms with Gasteiger partial charge in [-0.2, -0.15) is 0 Å². The number of nitrogens with zero attached hydrogens (tertiary/aromatic N) is 1. The van der Waals surface area contributed by atoms with Gasteiger partial charge in [-0.3, -0.25) is 9.78 Å². The Balaban J connectivity index is 1.89. The molecule has 1 heterocycles. The van der Waals surface area contributed by atoms with Gasteiger partial charge in [0.1, 0.15) is 0 Å². The Labute approximate surface area is 188 Å². The van der Waals surface area contributed by atoms with Gasteiger partial charge in [0.25, 0.3) is 5.91 Å². The molecule has 3 rings (SSSR count). The van der Waals surface area contributed by atoms with Crippen LogP contribution in [0, 0.1) is 0 Å². The number of aromatic nitrogens is 1. The van der Waals surface area contributed by atoms with Gasteiger partial charge in [-0.1, -0.05) is 48.0 Å². The minimum Gasteiger partial charge on any atom is -0.479 e. The molecule has 0 aliphatic heterocycles. The molecule has 2 aromatic carbocycles. The monoisotopic (exact) mass is 454 g/mol. The van der Waals surface area contributed by atoms with Gasteiger partial charge in [0.2, 0.25) is 0 Å². The van der Waals surface area contributed by atoms with E-state index in [2.05, 4.69) is 10.3 Å². The van der Waals surface area contributed by atoms with Crippen LogP contribution in [-0.2, 0) is 11.2 Å². The highest BCUT2D eigenvalue weighted by Crippen LogP contribution is 2.23. The van der Waals surface area contributed by atoms with E-state index < -0.39 is 30.0 Å². The van der Waals surface area contributed by atoms with Gasteiger partial charge in [-0.15, -0.1) is 0 Å². The molecule has 0 fully saturated rings. The van der Waals surface area contributed by atoms with E-state index >= 15 is 0 Å². The fraction of sp³-hybridized carbons (Fsp3) is 0.130. The number of carboxylic acid groups (broad SMARTS) is 2. The first kappa shape index (κ1) is 22.9. The molecule has 32 heavy (non-hydrogen) atoms. The average Bonchev–Trinajstić information content (AvgIpc) is 2.79. The van der Waals surface area contributed by atoms with Crippen LogP contribution in [0.2, 0.25) is 5.02 Å². The summed E-state index contributed by atoms with van der Waals surface area (Å²) in [6.45, 7) is 0. The number of aromatic carboxylic acids is 1. The first-order valence-corrected chi connectivity index (χ1v) is 9.89. The van der Waals surface area contributed by atoms with Gasteiger partial charge in [-0.05, 0) is 36.2 Å². The number of carbonyl (C=O) groups is 3. The lowest BCUT2D eigenvalue weighted by Gasteiger charge is -2.22. The van der Waals surface area contributed by atoms with E-state index in [4.69, 9.17) is 11.6 Å². The van der Waals surface area contributed by atoms with Gasteiger partial charge in [0, 0.05) is 22.3 Å². The minimum absolute atomic E-state index is 0.0152. The number of halogens is 1. The summed E-state index contributed by atoms with van der Waals surface area (Å²) in [7, 11) is 0. The van der Waals surface area contributed by atoms with Crippen LogP contribution in [0.25, 0.3) is 11.3 Å². The molecule has 164 valence electrons. The molecule has 0 radical (unpaired) electrons. The molecule has 0 saturated heterocycles. The first-order chi connectivity index (χ1) is 15.3. The van der Waals surface area contributed by atoms with Crippen molar-refractivity contribution in [3.63, 3.8) is 0 Å². The average molecular weight is 455 g/mol. The first-order valence-electron chi connectivity index (χ1n) is 9.52. The zero-order valence-electron chi connectivity index (χ0n) is 16.6. The molecule has 9 heteroatoms. The van der Waals surface area contributed by atoms with Crippen LogP contribution in [0.5, 0.6) is 0 Å². The molecular formula is C23H19ClN2O6. The topological polar surface area (TPSA) is 137 Å². The summed E-state index contributed by atoms with van der Waals surface area (Å²) >= 11 is 6.14. The fourth-order valence-electron chi connectivity index (χ4n) is 3.18. The number of hydrogen-bond donors (Lipinski definition) is 4. The molecule has 8 nitrogen and oxygen atoms in total. The van der Waals surface area contributed by atoms with Crippen LogP contribution >= 0.6 is 11.6 Å². The van der Waals surface area contributed by atoms with Crippen LogP contribution in [0.1, 0.15) is 26.3 Å². The van der Waals surface area contributed by atoms with E-state index in [1.807, 2.05) is 0 Å². The molecule has 1 aromatic heterocycles. The third kappa shape index (κ3) is 5.29. The third-order valence-electron chi connectivity index (χ3n) is 4.80. The van der Waals surface area contributed by atoms with Crippen molar-refractivity contribution >= 4 is 29.4 Å². The number of pyridine rings is 1. The lowest BCUT2D eigenvalue weighted by atomic mass is 10.00. The molecule has 0 spiro atoms. The van der Waals surface area contributed by atoms with Gasteiger partial charge in [-0.25, -0.2) is 9.59 Å². The predicted octanol–water partition coefficient (Wildman–Crippen LogP) is 2.89. The van der Waals surface area contributed by atoms with E-state index in [-0.39, 0.29) is 23.2 Å². The second kappa shape index (κ2) is 10.0. The smallest absolute Gasteiger partial charge is 0.336 e. The van der Waals surface area contributed by atoms with Crippen LogP contribution in [0.15, 0.2) is 66.9 Å². The third-order valence-corrected chi connectivity index (χ3v) is 5.17. The number of rotatable bonds is 8. The predicted molar refractivity (Wildman–Crippen MR) is 117 cm³/mol. The molecule has 0 aliphatic carbocycles. The Hall–Kier alpha value is -3.75. The summed E-state index contributed by atoms with van der Waals surface area (Å²) in [5, 5.41) is 31.7. The lowest BCUT2D eigenvalue weighted by Crippen LogP contribution is -2.48. The second-order valence-electron chi connectivity index (χ2n) is 6.94. The van der Waals surface area contributed by atoms with Gasteiger partial charge in [0.05, 0.1) is 17.3 Å². The number of hydrogen-bond acceptors (Lipinski definition) is 5. The van der Waals surface area contributed by atoms with E-state index in [9.17, 15) is 29.7 Å². The van der Waals surface area contributed by atoms with Crippen molar-refractivity contribution in [2.75, 3.05) is 0 Å². The van der Waals surface area contributed by atoms with Gasteiger partial charge < -0.3 is 20.6 Å². The highest BCUT2D eigenvalue weighted by molar-refractivity contribution is 6.31. The highest BCUT2D eigenvalue weighted by atomic mass is 35.5. The quantitative estimate of drug-likeness (QED) is 0.410. The van der Waals surface area contributed by atoms with Crippen molar-refractivity contribution in [2.45, 2.75) is 18.6 Å². The van der Waals surface area contributed by atoms with Crippen molar-refractivity contribution in [3.8, 4) is 11.3 Å². The molecule has 0 saturated carbocycles. The maximum absolute atomic E-state index is 12.9. The van der Waals surface area contributed by atoms with Gasteiger partial charge in [0.15, 0.2) is 6.10 Å².